The first-order chi connectivity index (χ1) is 9.30. The molecule has 0 bridgehead atoms. The third-order valence-electron chi connectivity index (χ3n) is 3.38. The Balaban J connectivity index is 2.61. The molecule has 0 fully saturated rings. The Kier molecular flexibility index (Phi) is 5.59. The number of hydrogen-bond donors (Lipinski definition) is 1. The minimum absolute atomic E-state index is 0.115. The number of nitrogens with one attached hydrogen (secondary N) is 1. The Labute approximate surface area is 123 Å². The van der Waals surface area contributed by atoms with Crippen LogP contribution < -0.4 is 10.1 Å². The van der Waals surface area contributed by atoms with Crippen molar-refractivity contribution in [1.29, 1.82) is 5.26 Å². The first-order valence-electron chi connectivity index (χ1n) is 7.20. The molecule has 1 unspecified atom stereocenters. The van der Waals surface area contributed by atoms with E-state index in [4.69, 9.17) is 4.74 Å². The van der Waals surface area contributed by atoms with Gasteiger partial charge in [0, 0.05) is 6.42 Å². The van der Waals surface area contributed by atoms with Crippen LogP contribution in [-0.2, 0) is 5.41 Å². The lowest BCUT2D eigenvalue weighted by Gasteiger charge is -2.23. The fourth-order valence-corrected chi connectivity index (χ4v) is 2.00. The third kappa shape index (κ3) is 4.86. The summed E-state index contributed by atoms with van der Waals surface area (Å²) in [6.45, 7) is 11.8. The molecule has 20 heavy (non-hydrogen) atoms. The summed E-state index contributed by atoms with van der Waals surface area (Å²) in [4.78, 5) is 0. The molecule has 0 spiro atoms. The van der Waals surface area contributed by atoms with Gasteiger partial charge < -0.3 is 4.74 Å². The molecule has 0 heterocycles. The monoisotopic (exact) mass is 274 g/mol. The van der Waals surface area contributed by atoms with Gasteiger partial charge in [-0.25, -0.2) is 0 Å². The van der Waals surface area contributed by atoms with Crippen molar-refractivity contribution in [2.45, 2.75) is 52.0 Å². The topological polar surface area (TPSA) is 45.0 Å². The van der Waals surface area contributed by atoms with Gasteiger partial charge in [-0.05, 0) is 36.6 Å². The predicted octanol–water partition coefficient (Wildman–Crippen LogP) is 3.64. The van der Waals surface area contributed by atoms with E-state index >= 15 is 0 Å². The number of ether oxygens (including phenoxy) is 1. The van der Waals surface area contributed by atoms with E-state index in [1.54, 1.807) is 0 Å². The van der Waals surface area contributed by atoms with Crippen molar-refractivity contribution >= 4 is 0 Å². The molecule has 0 aliphatic rings. The van der Waals surface area contributed by atoms with Crippen molar-refractivity contribution in [2.75, 3.05) is 13.2 Å². The van der Waals surface area contributed by atoms with Crippen molar-refractivity contribution < 1.29 is 4.74 Å². The molecule has 1 rings (SSSR count). The van der Waals surface area contributed by atoms with Crippen LogP contribution in [0.15, 0.2) is 24.3 Å². The smallest absolute Gasteiger partial charge is 0.119 e. The fraction of sp³-hybridized carbons (Fsp3) is 0.588. The van der Waals surface area contributed by atoms with Crippen molar-refractivity contribution in [2.24, 2.45) is 0 Å². The van der Waals surface area contributed by atoms with E-state index in [-0.39, 0.29) is 5.41 Å². The van der Waals surface area contributed by atoms with E-state index in [2.05, 4.69) is 44.3 Å². The quantitative estimate of drug-likeness (QED) is 0.861. The summed E-state index contributed by atoms with van der Waals surface area (Å²) in [5, 5.41) is 12.4. The lowest BCUT2D eigenvalue weighted by Crippen LogP contribution is -2.42. The van der Waals surface area contributed by atoms with Gasteiger partial charge >= 0.3 is 0 Å². The maximum atomic E-state index is 9.20. The number of nitriles is 1. The molecule has 1 aromatic rings. The Morgan fingerprint density at radius 2 is 1.95 bits per heavy atom. The average molecular weight is 274 g/mol. The van der Waals surface area contributed by atoms with Gasteiger partial charge in [-0.2, -0.15) is 5.26 Å². The van der Waals surface area contributed by atoms with Gasteiger partial charge in [-0.3, -0.25) is 5.32 Å². The van der Waals surface area contributed by atoms with Crippen LogP contribution in [0.25, 0.3) is 0 Å². The van der Waals surface area contributed by atoms with Crippen LogP contribution in [0.4, 0.5) is 0 Å². The van der Waals surface area contributed by atoms with E-state index in [9.17, 15) is 5.26 Å². The van der Waals surface area contributed by atoms with Gasteiger partial charge in [0.25, 0.3) is 0 Å². The Bertz CT molecular complexity index is 471. The molecule has 0 amide bonds. The molecular formula is C17H26N2O. The summed E-state index contributed by atoms with van der Waals surface area (Å²) in [6.07, 6.45) is 0.664. The number of rotatable bonds is 6. The number of hydrogen-bond acceptors (Lipinski definition) is 3. The third-order valence-corrected chi connectivity index (χ3v) is 3.38. The largest absolute Gasteiger partial charge is 0.493 e. The molecule has 3 heteroatoms. The molecular weight excluding hydrogens is 248 g/mol. The van der Waals surface area contributed by atoms with Crippen LogP contribution >= 0.6 is 0 Å². The predicted molar refractivity (Wildman–Crippen MR) is 82.9 cm³/mol. The van der Waals surface area contributed by atoms with E-state index in [1.807, 2.05) is 26.0 Å². The number of benzene rings is 1. The highest BCUT2D eigenvalue weighted by molar-refractivity contribution is 5.32. The molecule has 0 saturated carbocycles. The summed E-state index contributed by atoms with van der Waals surface area (Å²) < 4.78 is 5.79. The highest BCUT2D eigenvalue weighted by Crippen LogP contribution is 2.25. The Hall–Kier alpha value is -1.53. The van der Waals surface area contributed by atoms with E-state index < -0.39 is 5.54 Å². The van der Waals surface area contributed by atoms with E-state index in [0.717, 1.165) is 12.3 Å². The van der Waals surface area contributed by atoms with Crippen molar-refractivity contribution in [3.8, 4) is 11.8 Å². The molecule has 1 N–H and O–H groups in total. The van der Waals surface area contributed by atoms with Crippen molar-refractivity contribution in [1.82, 2.24) is 5.32 Å². The lowest BCUT2D eigenvalue weighted by molar-refractivity contribution is 0.268. The van der Waals surface area contributed by atoms with Crippen LogP contribution in [0, 0.1) is 11.3 Å². The van der Waals surface area contributed by atoms with Crippen LogP contribution in [0.5, 0.6) is 5.75 Å². The highest BCUT2D eigenvalue weighted by Gasteiger charge is 2.22. The van der Waals surface area contributed by atoms with Gasteiger partial charge in [-0.15, -0.1) is 0 Å². The molecule has 110 valence electrons. The first kappa shape index (κ1) is 16.5. The van der Waals surface area contributed by atoms with Crippen LogP contribution in [0.3, 0.4) is 0 Å². The summed E-state index contributed by atoms with van der Waals surface area (Å²) in [7, 11) is 0. The Morgan fingerprint density at radius 3 is 2.50 bits per heavy atom. The van der Waals surface area contributed by atoms with Gasteiger partial charge in [0.15, 0.2) is 0 Å². The zero-order valence-corrected chi connectivity index (χ0v) is 13.3. The van der Waals surface area contributed by atoms with Crippen LogP contribution in [-0.4, -0.2) is 18.7 Å². The van der Waals surface area contributed by atoms with Crippen molar-refractivity contribution in [3.63, 3.8) is 0 Å². The SMILES string of the molecule is CCNC(C)(C#N)CCOc1cccc(C(C)(C)C)c1. The number of nitrogens with zero attached hydrogens (tertiary/aromatic N) is 1. The molecule has 1 atom stereocenters. The van der Waals surface area contributed by atoms with E-state index in [1.165, 1.54) is 5.56 Å². The van der Waals surface area contributed by atoms with Gasteiger partial charge in [-0.1, -0.05) is 39.8 Å². The second-order valence-corrected chi connectivity index (χ2v) is 6.35. The minimum Gasteiger partial charge on any atom is -0.493 e. The lowest BCUT2D eigenvalue weighted by atomic mass is 9.87. The van der Waals surface area contributed by atoms with Crippen LogP contribution in [0.1, 0.15) is 46.6 Å². The van der Waals surface area contributed by atoms with Gasteiger partial charge in [0.05, 0.1) is 12.7 Å². The molecule has 1 aromatic carbocycles. The fourth-order valence-electron chi connectivity index (χ4n) is 2.00. The van der Waals surface area contributed by atoms with Gasteiger partial charge in [0.2, 0.25) is 0 Å². The summed E-state index contributed by atoms with van der Waals surface area (Å²) in [5.41, 5.74) is 0.852. The Morgan fingerprint density at radius 1 is 1.25 bits per heavy atom. The molecule has 3 nitrogen and oxygen atoms in total. The molecule has 0 saturated heterocycles. The second-order valence-electron chi connectivity index (χ2n) is 6.35. The maximum Gasteiger partial charge on any atom is 0.119 e. The first-order valence-corrected chi connectivity index (χ1v) is 7.20. The minimum atomic E-state index is -0.517. The summed E-state index contributed by atoms with van der Waals surface area (Å²) in [6, 6.07) is 10.5. The normalized spacial score (nSPS) is 14.4. The summed E-state index contributed by atoms with van der Waals surface area (Å²) >= 11 is 0. The molecule has 0 aliphatic carbocycles. The molecule has 0 aromatic heterocycles. The highest BCUT2D eigenvalue weighted by atomic mass is 16.5. The second kappa shape index (κ2) is 6.76. The van der Waals surface area contributed by atoms with E-state index in [0.29, 0.717) is 13.0 Å². The molecule has 0 radical (unpaired) electrons. The zero-order chi connectivity index (χ0) is 15.2. The maximum absolute atomic E-state index is 9.20. The zero-order valence-electron chi connectivity index (χ0n) is 13.3. The standard InChI is InChI=1S/C17H26N2O/c1-6-19-17(5,13-18)10-11-20-15-9-7-8-14(12-15)16(2,3)4/h7-9,12,19H,6,10-11H2,1-5H3. The van der Waals surface area contributed by atoms with Gasteiger partial charge in [0.1, 0.15) is 11.3 Å². The molecule has 0 aliphatic heterocycles. The van der Waals surface area contributed by atoms with Crippen molar-refractivity contribution in [3.05, 3.63) is 29.8 Å². The van der Waals surface area contributed by atoms with Crippen LogP contribution in [0.2, 0.25) is 0 Å². The summed E-state index contributed by atoms with van der Waals surface area (Å²) in [5.74, 6) is 0.870. The average Bonchev–Trinajstić information content (AvgIpc) is 2.38.